The van der Waals surface area contributed by atoms with Gasteiger partial charge in [-0.2, -0.15) is 0 Å². The Hall–Kier alpha value is -0.710. The quantitative estimate of drug-likeness (QED) is 0.632. The molecule has 1 unspecified atom stereocenters. The summed E-state index contributed by atoms with van der Waals surface area (Å²) < 4.78 is 12.9. The molecule has 1 rings (SSSR count). The van der Waals surface area contributed by atoms with E-state index in [9.17, 15) is 9.18 Å². The van der Waals surface area contributed by atoms with Crippen molar-refractivity contribution in [2.24, 2.45) is 5.73 Å². The van der Waals surface area contributed by atoms with Crippen molar-refractivity contribution in [3.05, 3.63) is 27.8 Å². The maximum atomic E-state index is 12.9. The zero-order chi connectivity index (χ0) is 10.9. The second-order valence-electron chi connectivity index (χ2n) is 2.75. The summed E-state index contributed by atoms with van der Waals surface area (Å²) in [5, 5.41) is -0.505. The number of ketones is 1. The number of carbonyl (C=O) groups is 1. The molecule has 0 aliphatic carbocycles. The van der Waals surface area contributed by atoms with Crippen LogP contribution in [0.15, 0.2) is 6.07 Å². The lowest BCUT2D eigenvalue weighted by molar-refractivity contribution is 0.0967. The summed E-state index contributed by atoms with van der Waals surface area (Å²) in [5.41, 5.74) is 5.28. The Morgan fingerprint density at radius 2 is 2.14 bits per heavy atom. The number of nitrogens with zero attached hydrogens (tertiary/aromatic N) is 1. The van der Waals surface area contributed by atoms with Crippen LogP contribution in [0.2, 0.25) is 10.3 Å². The molecule has 0 spiro atoms. The molecule has 0 saturated heterocycles. The van der Waals surface area contributed by atoms with Crippen LogP contribution in [0.4, 0.5) is 4.39 Å². The molecule has 2 N–H and O–H groups in total. The first-order valence-electron chi connectivity index (χ1n) is 3.74. The Balaban J connectivity index is 3.22. The smallest absolute Gasteiger partial charge is 0.182 e. The van der Waals surface area contributed by atoms with Crippen LogP contribution in [0.3, 0.4) is 0 Å². The van der Waals surface area contributed by atoms with Crippen LogP contribution < -0.4 is 5.73 Å². The lowest BCUT2D eigenvalue weighted by Gasteiger charge is -2.06. The number of Topliss-reactive ketones (excluding diaryl/α,β-unsaturated/α-hetero) is 1. The minimum absolute atomic E-state index is 0.0523. The number of rotatable bonds is 2. The van der Waals surface area contributed by atoms with Gasteiger partial charge in [-0.1, -0.05) is 23.2 Å². The first-order valence-corrected chi connectivity index (χ1v) is 4.50. The summed E-state index contributed by atoms with van der Waals surface area (Å²) in [5.74, 6) is -1.27. The van der Waals surface area contributed by atoms with E-state index < -0.39 is 17.6 Å². The van der Waals surface area contributed by atoms with E-state index in [0.29, 0.717) is 0 Å². The summed E-state index contributed by atoms with van der Waals surface area (Å²) in [6, 6.07) is 0.179. The van der Waals surface area contributed by atoms with E-state index in [-0.39, 0.29) is 15.9 Å². The van der Waals surface area contributed by atoms with Gasteiger partial charge in [0.25, 0.3) is 0 Å². The predicted octanol–water partition coefficient (Wildman–Crippen LogP) is 2.06. The number of carbonyl (C=O) groups excluding carboxylic acids is 1. The molecule has 1 heterocycles. The SMILES string of the molecule is CC(N)C(=O)c1cc(F)c(Cl)nc1Cl. The molecule has 0 amide bonds. The van der Waals surface area contributed by atoms with E-state index in [1.807, 2.05) is 0 Å². The fourth-order valence-electron chi connectivity index (χ4n) is 0.864. The summed E-state index contributed by atoms with van der Waals surface area (Å²) in [4.78, 5) is 14.8. The van der Waals surface area contributed by atoms with Crippen molar-refractivity contribution in [2.75, 3.05) is 0 Å². The molecule has 0 aliphatic rings. The summed E-state index contributed by atoms with van der Waals surface area (Å²) >= 11 is 11.0. The van der Waals surface area contributed by atoms with Crippen molar-refractivity contribution >= 4 is 29.0 Å². The van der Waals surface area contributed by atoms with Crippen LogP contribution in [0, 0.1) is 5.82 Å². The number of nitrogens with two attached hydrogens (primary N) is 1. The predicted molar refractivity (Wildman–Crippen MR) is 52.2 cm³/mol. The van der Waals surface area contributed by atoms with Gasteiger partial charge in [0.05, 0.1) is 11.6 Å². The number of hydrogen-bond acceptors (Lipinski definition) is 3. The van der Waals surface area contributed by atoms with Gasteiger partial charge in [-0.3, -0.25) is 4.79 Å². The summed E-state index contributed by atoms with van der Waals surface area (Å²) in [6.07, 6.45) is 0. The highest BCUT2D eigenvalue weighted by atomic mass is 35.5. The highest BCUT2D eigenvalue weighted by Gasteiger charge is 2.18. The van der Waals surface area contributed by atoms with Gasteiger partial charge >= 0.3 is 0 Å². The van der Waals surface area contributed by atoms with Gasteiger partial charge in [-0.25, -0.2) is 9.37 Å². The normalized spacial score (nSPS) is 12.6. The molecule has 1 atom stereocenters. The Bertz CT molecular complexity index is 382. The number of pyridine rings is 1. The third-order valence-electron chi connectivity index (χ3n) is 1.57. The second kappa shape index (κ2) is 4.21. The summed E-state index contributed by atoms with van der Waals surface area (Å²) in [7, 11) is 0. The van der Waals surface area contributed by atoms with E-state index in [4.69, 9.17) is 28.9 Å². The minimum Gasteiger partial charge on any atom is -0.321 e. The van der Waals surface area contributed by atoms with E-state index in [1.54, 1.807) is 0 Å². The van der Waals surface area contributed by atoms with Crippen molar-refractivity contribution < 1.29 is 9.18 Å². The van der Waals surface area contributed by atoms with Crippen molar-refractivity contribution in [3.8, 4) is 0 Å². The van der Waals surface area contributed by atoms with Crippen LogP contribution in [-0.2, 0) is 0 Å². The van der Waals surface area contributed by atoms with Gasteiger partial charge in [0.1, 0.15) is 5.15 Å². The fourth-order valence-corrected chi connectivity index (χ4v) is 1.28. The minimum atomic E-state index is -0.792. The molecule has 14 heavy (non-hydrogen) atoms. The molecule has 1 aromatic rings. The van der Waals surface area contributed by atoms with Crippen molar-refractivity contribution in [2.45, 2.75) is 13.0 Å². The van der Waals surface area contributed by atoms with E-state index in [0.717, 1.165) is 6.07 Å². The largest absolute Gasteiger partial charge is 0.321 e. The third kappa shape index (κ3) is 2.20. The lowest BCUT2D eigenvalue weighted by atomic mass is 10.1. The van der Waals surface area contributed by atoms with Gasteiger partial charge in [-0.15, -0.1) is 0 Å². The van der Waals surface area contributed by atoms with Crippen molar-refractivity contribution in [1.82, 2.24) is 4.98 Å². The Morgan fingerprint density at radius 1 is 1.57 bits per heavy atom. The molecule has 0 fully saturated rings. The van der Waals surface area contributed by atoms with Crippen molar-refractivity contribution in [1.29, 1.82) is 0 Å². The third-order valence-corrected chi connectivity index (χ3v) is 2.12. The molecule has 0 radical (unpaired) electrons. The maximum absolute atomic E-state index is 12.9. The number of aromatic nitrogens is 1. The molecule has 0 aliphatic heterocycles. The van der Waals surface area contributed by atoms with Crippen LogP contribution in [0.5, 0.6) is 0 Å². The summed E-state index contributed by atoms with van der Waals surface area (Å²) in [6.45, 7) is 1.48. The lowest BCUT2D eigenvalue weighted by Crippen LogP contribution is -2.27. The van der Waals surface area contributed by atoms with Crippen LogP contribution in [0.25, 0.3) is 0 Å². The Morgan fingerprint density at radius 3 is 2.64 bits per heavy atom. The average Bonchev–Trinajstić information content (AvgIpc) is 2.10. The van der Waals surface area contributed by atoms with Crippen LogP contribution in [-0.4, -0.2) is 16.8 Å². The van der Waals surface area contributed by atoms with E-state index >= 15 is 0 Å². The van der Waals surface area contributed by atoms with Crippen molar-refractivity contribution in [3.63, 3.8) is 0 Å². The molecule has 0 bridgehead atoms. The first kappa shape index (κ1) is 11.4. The van der Waals surface area contributed by atoms with Gasteiger partial charge in [0, 0.05) is 0 Å². The fraction of sp³-hybridized carbons (Fsp3) is 0.250. The topological polar surface area (TPSA) is 56.0 Å². The van der Waals surface area contributed by atoms with Crippen LogP contribution >= 0.6 is 23.2 Å². The highest BCUT2D eigenvalue weighted by molar-refractivity contribution is 6.35. The molecule has 0 saturated carbocycles. The molecule has 0 aromatic carbocycles. The van der Waals surface area contributed by atoms with Gasteiger partial charge in [0.15, 0.2) is 16.8 Å². The molecule has 1 aromatic heterocycles. The Kier molecular flexibility index (Phi) is 3.42. The maximum Gasteiger partial charge on any atom is 0.182 e. The zero-order valence-electron chi connectivity index (χ0n) is 7.22. The van der Waals surface area contributed by atoms with E-state index in [1.165, 1.54) is 6.92 Å². The van der Waals surface area contributed by atoms with E-state index in [2.05, 4.69) is 4.98 Å². The molecular weight excluding hydrogens is 230 g/mol. The first-order chi connectivity index (χ1) is 6.43. The van der Waals surface area contributed by atoms with Gasteiger partial charge in [-0.05, 0) is 13.0 Å². The van der Waals surface area contributed by atoms with Gasteiger partial charge < -0.3 is 5.73 Å². The molecule has 6 heteroatoms. The second-order valence-corrected chi connectivity index (χ2v) is 3.47. The number of halogens is 3. The molecule has 3 nitrogen and oxygen atoms in total. The number of hydrogen-bond donors (Lipinski definition) is 1. The molecular formula is C8H7Cl2FN2O. The van der Waals surface area contributed by atoms with Crippen LogP contribution in [0.1, 0.15) is 17.3 Å². The molecule has 76 valence electrons. The highest BCUT2D eigenvalue weighted by Crippen LogP contribution is 2.21. The monoisotopic (exact) mass is 236 g/mol. The average molecular weight is 237 g/mol. The van der Waals surface area contributed by atoms with Gasteiger partial charge in [0.2, 0.25) is 0 Å². The standard InChI is InChI=1S/C8H7Cl2FN2O/c1-3(12)6(14)4-2-5(11)8(10)13-7(4)9/h2-3H,12H2,1H3. The zero-order valence-corrected chi connectivity index (χ0v) is 8.73. The Labute approximate surface area is 90.0 Å².